The maximum absolute atomic E-state index is 12.1. The molecule has 1 amide bonds. The van der Waals surface area contributed by atoms with Gasteiger partial charge in [0.15, 0.2) is 0 Å². The molecule has 1 aromatic rings. The lowest BCUT2D eigenvalue weighted by Crippen LogP contribution is -2.43. The van der Waals surface area contributed by atoms with Crippen molar-refractivity contribution < 1.29 is 4.79 Å². The van der Waals surface area contributed by atoms with E-state index in [1.165, 1.54) is 17.7 Å². The lowest BCUT2D eigenvalue weighted by molar-refractivity contribution is 0.0895. The molecule has 17 heavy (non-hydrogen) atoms. The molecule has 0 spiro atoms. The number of aryl methyl sites for hydroxylation is 1. The summed E-state index contributed by atoms with van der Waals surface area (Å²) in [6.45, 7) is 6.58. The molecule has 0 bridgehead atoms. The van der Waals surface area contributed by atoms with Crippen molar-refractivity contribution >= 4 is 17.2 Å². The summed E-state index contributed by atoms with van der Waals surface area (Å²) >= 11 is 1.57. The smallest absolute Gasteiger partial charge is 0.261 e. The first kappa shape index (κ1) is 12.6. The number of rotatable bonds is 2. The van der Waals surface area contributed by atoms with Crippen LogP contribution in [0.3, 0.4) is 0 Å². The van der Waals surface area contributed by atoms with E-state index < -0.39 is 0 Å². The summed E-state index contributed by atoms with van der Waals surface area (Å²) in [5, 5.41) is 3.20. The predicted octanol–water partition coefficient (Wildman–Crippen LogP) is 3.61. The van der Waals surface area contributed by atoms with Gasteiger partial charge in [0.1, 0.15) is 0 Å². The van der Waals surface area contributed by atoms with Crippen LogP contribution in [-0.2, 0) is 0 Å². The zero-order valence-corrected chi connectivity index (χ0v) is 11.6. The van der Waals surface area contributed by atoms with Crippen molar-refractivity contribution in [2.24, 2.45) is 11.8 Å². The molecule has 2 nitrogen and oxygen atoms in total. The summed E-state index contributed by atoms with van der Waals surface area (Å²) in [5.74, 6) is 1.42. The molecule has 1 aromatic heterocycles. The zero-order chi connectivity index (χ0) is 12.4. The quantitative estimate of drug-likeness (QED) is 0.854. The first-order valence-corrected chi connectivity index (χ1v) is 7.27. The van der Waals surface area contributed by atoms with Crippen molar-refractivity contribution in [2.45, 2.75) is 46.1 Å². The average Bonchev–Trinajstić information content (AvgIpc) is 2.72. The molecule has 1 N–H and O–H groups in total. The van der Waals surface area contributed by atoms with Gasteiger partial charge in [-0.3, -0.25) is 4.79 Å². The van der Waals surface area contributed by atoms with E-state index in [0.29, 0.717) is 12.0 Å². The van der Waals surface area contributed by atoms with Crippen molar-refractivity contribution in [1.82, 2.24) is 5.32 Å². The number of thiophene rings is 1. The van der Waals surface area contributed by atoms with E-state index in [0.717, 1.165) is 17.2 Å². The minimum Gasteiger partial charge on any atom is -0.348 e. The highest BCUT2D eigenvalue weighted by molar-refractivity contribution is 7.13. The molecule has 94 valence electrons. The summed E-state index contributed by atoms with van der Waals surface area (Å²) in [7, 11) is 0. The van der Waals surface area contributed by atoms with Crippen LogP contribution < -0.4 is 5.32 Å². The standard InChI is InChI=1S/C14H21NOS/c1-9-5-4-6-12(11(9)3)15-14(16)13-8-7-10(2)17-13/h7-9,11-12H,4-6H2,1-3H3,(H,15,16)/t9-,11-,12+/m0/s1. The van der Waals surface area contributed by atoms with Crippen molar-refractivity contribution in [3.8, 4) is 0 Å². The van der Waals surface area contributed by atoms with E-state index in [1.807, 2.05) is 19.1 Å². The van der Waals surface area contributed by atoms with Gasteiger partial charge in [-0.2, -0.15) is 0 Å². The van der Waals surface area contributed by atoms with E-state index >= 15 is 0 Å². The summed E-state index contributed by atoms with van der Waals surface area (Å²) in [4.78, 5) is 14.1. The molecule has 0 aromatic carbocycles. The first-order chi connectivity index (χ1) is 8.08. The van der Waals surface area contributed by atoms with E-state index in [1.54, 1.807) is 11.3 Å². The van der Waals surface area contributed by atoms with E-state index in [-0.39, 0.29) is 5.91 Å². The Morgan fingerprint density at radius 1 is 1.35 bits per heavy atom. The maximum Gasteiger partial charge on any atom is 0.261 e. The lowest BCUT2D eigenvalue weighted by Gasteiger charge is -2.34. The third-order valence-corrected chi connectivity index (χ3v) is 4.99. The Balaban J connectivity index is 1.98. The van der Waals surface area contributed by atoms with Gasteiger partial charge in [0, 0.05) is 10.9 Å². The zero-order valence-electron chi connectivity index (χ0n) is 10.8. The van der Waals surface area contributed by atoms with Gasteiger partial charge in [0.25, 0.3) is 5.91 Å². The lowest BCUT2D eigenvalue weighted by atomic mass is 9.78. The molecule has 1 heterocycles. The van der Waals surface area contributed by atoms with Gasteiger partial charge >= 0.3 is 0 Å². The van der Waals surface area contributed by atoms with Gasteiger partial charge < -0.3 is 5.32 Å². The second kappa shape index (κ2) is 5.21. The molecule has 3 heteroatoms. The van der Waals surface area contributed by atoms with Crippen LogP contribution in [0.2, 0.25) is 0 Å². The Hall–Kier alpha value is -0.830. The fourth-order valence-corrected chi connectivity index (χ4v) is 3.35. The normalized spacial score (nSPS) is 29.0. The van der Waals surface area contributed by atoms with Crippen LogP contribution in [0.4, 0.5) is 0 Å². The van der Waals surface area contributed by atoms with Gasteiger partial charge in [-0.15, -0.1) is 11.3 Å². The fourth-order valence-electron chi connectivity index (χ4n) is 2.58. The molecule has 0 radical (unpaired) electrons. The number of hydrogen-bond acceptors (Lipinski definition) is 2. The second-order valence-corrected chi connectivity index (χ2v) is 6.55. The predicted molar refractivity (Wildman–Crippen MR) is 72.5 cm³/mol. The summed E-state index contributed by atoms with van der Waals surface area (Å²) in [6.07, 6.45) is 3.66. The molecule has 3 atom stereocenters. The van der Waals surface area contributed by atoms with Crippen LogP contribution in [0.5, 0.6) is 0 Å². The highest BCUT2D eigenvalue weighted by atomic mass is 32.1. The van der Waals surface area contributed by atoms with Gasteiger partial charge in [-0.05, 0) is 37.3 Å². The number of amides is 1. The molecule has 1 fully saturated rings. The maximum atomic E-state index is 12.1. The molecule has 1 aliphatic rings. The Morgan fingerprint density at radius 2 is 2.12 bits per heavy atom. The van der Waals surface area contributed by atoms with Crippen LogP contribution in [0.1, 0.15) is 47.7 Å². The molecule has 0 unspecified atom stereocenters. The third kappa shape index (κ3) is 2.89. The van der Waals surface area contributed by atoms with E-state index in [4.69, 9.17) is 0 Å². The van der Waals surface area contributed by atoms with Gasteiger partial charge in [0.05, 0.1) is 4.88 Å². The number of carbonyl (C=O) groups is 1. The minimum absolute atomic E-state index is 0.106. The molecular formula is C14H21NOS. The van der Waals surface area contributed by atoms with Gasteiger partial charge in [0.2, 0.25) is 0 Å². The Bertz CT molecular complexity index is 399. The largest absolute Gasteiger partial charge is 0.348 e. The number of nitrogens with one attached hydrogen (secondary N) is 1. The second-order valence-electron chi connectivity index (χ2n) is 5.26. The molecule has 1 saturated carbocycles. The van der Waals surface area contributed by atoms with E-state index in [9.17, 15) is 4.79 Å². The summed E-state index contributed by atoms with van der Waals surface area (Å²) in [5.41, 5.74) is 0. The average molecular weight is 251 g/mol. The molecule has 2 rings (SSSR count). The Morgan fingerprint density at radius 3 is 2.76 bits per heavy atom. The monoisotopic (exact) mass is 251 g/mol. The minimum atomic E-state index is 0.106. The van der Waals surface area contributed by atoms with Crippen LogP contribution in [0, 0.1) is 18.8 Å². The van der Waals surface area contributed by atoms with Crippen molar-refractivity contribution in [2.75, 3.05) is 0 Å². The van der Waals surface area contributed by atoms with Crippen LogP contribution in [-0.4, -0.2) is 11.9 Å². The SMILES string of the molecule is Cc1ccc(C(=O)N[C@@H]2CCC[C@H](C)[C@@H]2C)s1. The van der Waals surface area contributed by atoms with Crippen LogP contribution >= 0.6 is 11.3 Å². The summed E-state index contributed by atoms with van der Waals surface area (Å²) in [6, 6.07) is 4.28. The molecule has 0 saturated heterocycles. The van der Waals surface area contributed by atoms with Crippen molar-refractivity contribution in [3.63, 3.8) is 0 Å². The molecule has 0 aliphatic heterocycles. The highest BCUT2D eigenvalue weighted by Gasteiger charge is 2.28. The Kier molecular flexibility index (Phi) is 3.87. The first-order valence-electron chi connectivity index (χ1n) is 6.45. The van der Waals surface area contributed by atoms with Gasteiger partial charge in [-0.1, -0.05) is 26.7 Å². The highest BCUT2D eigenvalue weighted by Crippen LogP contribution is 2.29. The Labute approximate surface area is 107 Å². The van der Waals surface area contributed by atoms with Crippen LogP contribution in [0.15, 0.2) is 12.1 Å². The third-order valence-electron chi connectivity index (χ3n) is 3.99. The summed E-state index contributed by atoms with van der Waals surface area (Å²) < 4.78 is 0. The number of hydrogen-bond donors (Lipinski definition) is 1. The molecule has 1 aliphatic carbocycles. The van der Waals surface area contributed by atoms with Gasteiger partial charge in [-0.25, -0.2) is 0 Å². The van der Waals surface area contributed by atoms with E-state index in [2.05, 4.69) is 19.2 Å². The molecular weight excluding hydrogens is 230 g/mol. The topological polar surface area (TPSA) is 29.1 Å². The van der Waals surface area contributed by atoms with Crippen molar-refractivity contribution in [1.29, 1.82) is 0 Å². The van der Waals surface area contributed by atoms with Crippen LogP contribution in [0.25, 0.3) is 0 Å². The van der Waals surface area contributed by atoms with Crippen molar-refractivity contribution in [3.05, 3.63) is 21.9 Å². The fraction of sp³-hybridized carbons (Fsp3) is 0.643. The number of carbonyl (C=O) groups excluding carboxylic acids is 1.